The number of ether oxygens (including phenoxy) is 1. The van der Waals surface area contributed by atoms with Gasteiger partial charge in [0.25, 0.3) is 5.56 Å². The molecule has 0 aliphatic carbocycles. The van der Waals surface area contributed by atoms with Crippen LogP contribution in [0.15, 0.2) is 65.7 Å². The zero-order valence-corrected chi connectivity index (χ0v) is 18.5. The number of carbonyl (C=O) groups excluding carboxylic acids is 1. The molecule has 0 unspecified atom stereocenters. The molecule has 0 aliphatic rings. The highest BCUT2D eigenvalue weighted by atomic mass is 16.5. The third-order valence-electron chi connectivity index (χ3n) is 5.71. The van der Waals surface area contributed by atoms with E-state index in [1.807, 2.05) is 36.4 Å². The van der Waals surface area contributed by atoms with Crippen LogP contribution in [0.2, 0.25) is 0 Å². The fourth-order valence-electron chi connectivity index (χ4n) is 4.15. The molecule has 0 amide bonds. The van der Waals surface area contributed by atoms with Crippen LogP contribution in [0, 0.1) is 0 Å². The summed E-state index contributed by atoms with van der Waals surface area (Å²) in [5.74, 6) is 0.421. The van der Waals surface area contributed by atoms with Crippen molar-refractivity contribution in [3.63, 3.8) is 0 Å². The van der Waals surface area contributed by atoms with Gasteiger partial charge in [-0.3, -0.25) is 10.1 Å². The predicted molar refractivity (Wildman–Crippen MR) is 133 cm³/mol. The summed E-state index contributed by atoms with van der Waals surface area (Å²) in [5.41, 5.74) is 4.11. The topological polar surface area (TPSA) is 141 Å². The van der Waals surface area contributed by atoms with Crippen LogP contribution in [0.1, 0.15) is 17.3 Å². The monoisotopic (exact) mass is 465 g/mol. The van der Waals surface area contributed by atoms with Gasteiger partial charge < -0.3 is 19.7 Å². The average Bonchev–Trinajstić information content (AvgIpc) is 3.49. The molecular weight excluding hydrogens is 446 g/mol. The van der Waals surface area contributed by atoms with E-state index >= 15 is 0 Å². The van der Waals surface area contributed by atoms with E-state index in [1.165, 1.54) is 6.20 Å². The highest BCUT2D eigenvalue weighted by molar-refractivity contribution is 6.15. The average molecular weight is 465 g/mol. The Bertz CT molecular complexity index is 1770. The van der Waals surface area contributed by atoms with E-state index < -0.39 is 5.97 Å². The maximum Gasteiger partial charge on any atom is 0.340 e. The maximum absolute atomic E-state index is 12.5. The van der Waals surface area contributed by atoms with Crippen LogP contribution in [-0.4, -0.2) is 42.5 Å². The maximum atomic E-state index is 12.5. The van der Waals surface area contributed by atoms with Crippen molar-refractivity contribution >= 4 is 50.7 Å². The van der Waals surface area contributed by atoms with E-state index in [2.05, 4.69) is 35.2 Å². The van der Waals surface area contributed by atoms with Crippen LogP contribution in [0.25, 0.3) is 44.1 Å². The second-order valence-electron chi connectivity index (χ2n) is 7.88. The lowest BCUT2D eigenvalue weighted by molar-refractivity contribution is 0.0529. The molecule has 4 N–H and O–H groups in total. The molecule has 0 atom stereocenters. The Morgan fingerprint density at radius 2 is 1.94 bits per heavy atom. The van der Waals surface area contributed by atoms with E-state index in [0.29, 0.717) is 45.0 Å². The molecule has 0 saturated heterocycles. The number of hydrogen-bond donors (Lipinski definition) is 4. The number of carbonyl (C=O) groups is 1. The number of esters is 1. The minimum atomic E-state index is -0.490. The van der Waals surface area contributed by atoms with Crippen LogP contribution in [-0.2, 0) is 4.74 Å². The molecule has 0 saturated carbocycles. The van der Waals surface area contributed by atoms with Crippen molar-refractivity contribution in [3.8, 4) is 11.3 Å². The number of H-pyrrole nitrogens is 3. The molecular formula is C25H19N7O3. The molecule has 172 valence electrons. The van der Waals surface area contributed by atoms with Gasteiger partial charge in [-0.15, -0.1) is 0 Å². The summed E-state index contributed by atoms with van der Waals surface area (Å²) in [6, 6.07) is 15.0. The van der Waals surface area contributed by atoms with Crippen molar-refractivity contribution in [1.82, 2.24) is 29.9 Å². The molecule has 0 radical (unpaired) electrons. The molecule has 35 heavy (non-hydrogen) atoms. The largest absolute Gasteiger partial charge is 0.462 e. The molecule has 0 spiro atoms. The lowest BCUT2D eigenvalue weighted by Gasteiger charge is -2.08. The predicted octanol–water partition coefficient (Wildman–Crippen LogP) is 4.26. The van der Waals surface area contributed by atoms with Gasteiger partial charge in [0, 0.05) is 34.2 Å². The van der Waals surface area contributed by atoms with Gasteiger partial charge in [-0.05, 0) is 37.3 Å². The number of rotatable bonds is 5. The van der Waals surface area contributed by atoms with E-state index in [9.17, 15) is 9.59 Å². The molecule has 2 aromatic carbocycles. The smallest absolute Gasteiger partial charge is 0.340 e. The number of benzene rings is 2. The van der Waals surface area contributed by atoms with Gasteiger partial charge in [0.15, 0.2) is 0 Å². The number of aromatic nitrogens is 6. The first-order valence-corrected chi connectivity index (χ1v) is 11.0. The molecule has 10 nitrogen and oxygen atoms in total. The van der Waals surface area contributed by atoms with Crippen molar-refractivity contribution in [2.45, 2.75) is 6.92 Å². The van der Waals surface area contributed by atoms with E-state index in [1.54, 1.807) is 25.3 Å². The van der Waals surface area contributed by atoms with Crippen LogP contribution in [0.5, 0.6) is 0 Å². The van der Waals surface area contributed by atoms with Crippen molar-refractivity contribution in [2.75, 3.05) is 11.9 Å². The zero-order chi connectivity index (χ0) is 23.9. The first-order chi connectivity index (χ1) is 17.1. The molecule has 0 fully saturated rings. The third-order valence-corrected chi connectivity index (χ3v) is 5.71. The number of imidazole rings is 1. The highest BCUT2D eigenvalue weighted by Gasteiger charge is 2.18. The molecule has 10 heteroatoms. The quantitative estimate of drug-likeness (QED) is 0.279. The molecule has 4 heterocycles. The minimum absolute atomic E-state index is 0.236. The first-order valence-electron chi connectivity index (χ1n) is 11.0. The molecule has 0 bridgehead atoms. The summed E-state index contributed by atoms with van der Waals surface area (Å²) in [6.07, 6.45) is 3.16. The Morgan fingerprint density at radius 1 is 1.06 bits per heavy atom. The standard InChI is InChI=1S/C25H19N7O3/c1-2-35-23(34)15-12-27-21-20(15)14-11-13(7-8-17(14)28-22(21)33)16-9-10-26-24(29-16)32-25-30-18-5-3-4-6-19(18)31-25/h3-12,27H,2H2,1H3,(H,28,33)(H2,26,29,30,31,32). The number of pyridine rings is 1. The van der Waals surface area contributed by atoms with Crippen molar-refractivity contribution in [2.24, 2.45) is 0 Å². The SMILES string of the molecule is CCOC(=O)c1c[nH]c2c(=O)[nH]c3ccc(-c4ccnc(Nc5nc6ccccc6[nH]5)n4)cc3c12. The molecule has 6 aromatic rings. The van der Waals surface area contributed by atoms with Crippen molar-refractivity contribution < 1.29 is 9.53 Å². The highest BCUT2D eigenvalue weighted by Crippen LogP contribution is 2.29. The Labute approximate surface area is 197 Å². The summed E-state index contributed by atoms with van der Waals surface area (Å²) in [6.45, 7) is 1.97. The summed E-state index contributed by atoms with van der Waals surface area (Å²) >= 11 is 0. The van der Waals surface area contributed by atoms with Crippen LogP contribution < -0.4 is 10.9 Å². The Balaban J connectivity index is 1.43. The normalized spacial score (nSPS) is 11.3. The van der Waals surface area contributed by atoms with Gasteiger partial charge in [0.2, 0.25) is 11.9 Å². The number of hydrogen-bond acceptors (Lipinski definition) is 7. The van der Waals surface area contributed by atoms with Gasteiger partial charge in [0.05, 0.1) is 28.9 Å². The van der Waals surface area contributed by atoms with Crippen LogP contribution in [0.4, 0.5) is 11.9 Å². The van der Waals surface area contributed by atoms with Crippen molar-refractivity contribution in [3.05, 3.63) is 76.8 Å². The van der Waals surface area contributed by atoms with Gasteiger partial charge in [-0.2, -0.15) is 0 Å². The zero-order valence-electron chi connectivity index (χ0n) is 18.5. The third kappa shape index (κ3) is 3.57. The fourth-order valence-corrected chi connectivity index (χ4v) is 4.15. The number of nitrogens with zero attached hydrogens (tertiary/aromatic N) is 3. The number of fused-ring (bicyclic) bond motifs is 4. The summed E-state index contributed by atoms with van der Waals surface area (Å²) in [7, 11) is 0. The fraction of sp³-hybridized carbons (Fsp3) is 0.0800. The van der Waals surface area contributed by atoms with Gasteiger partial charge in [-0.1, -0.05) is 18.2 Å². The van der Waals surface area contributed by atoms with E-state index in [4.69, 9.17) is 4.74 Å². The Hall–Kier alpha value is -4.99. The summed E-state index contributed by atoms with van der Waals surface area (Å²) in [4.78, 5) is 47.5. The van der Waals surface area contributed by atoms with E-state index in [0.717, 1.165) is 16.6 Å². The summed E-state index contributed by atoms with van der Waals surface area (Å²) in [5, 5.41) is 4.32. The lowest BCUT2D eigenvalue weighted by atomic mass is 10.0. The summed E-state index contributed by atoms with van der Waals surface area (Å²) < 4.78 is 5.18. The molecule has 4 aromatic heterocycles. The first kappa shape index (κ1) is 20.6. The number of aromatic amines is 3. The number of nitrogens with one attached hydrogen (secondary N) is 4. The van der Waals surface area contributed by atoms with Crippen LogP contribution >= 0.6 is 0 Å². The minimum Gasteiger partial charge on any atom is -0.462 e. The lowest BCUT2D eigenvalue weighted by Crippen LogP contribution is -2.08. The molecule has 0 aliphatic heterocycles. The van der Waals surface area contributed by atoms with E-state index in [-0.39, 0.29) is 12.2 Å². The second-order valence-corrected chi connectivity index (χ2v) is 7.88. The van der Waals surface area contributed by atoms with Gasteiger partial charge in [0.1, 0.15) is 5.52 Å². The Morgan fingerprint density at radius 3 is 2.80 bits per heavy atom. The Kier molecular flexibility index (Phi) is 4.77. The van der Waals surface area contributed by atoms with Crippen LogP contribution in [0.3, 0.4) is 0 Å². The van der Waals surface area contributed by atoms with Gasteiger partial charge in [-0.25, -0.2) is 19.7 Å². The second kappa shape index (κ2) is 8.10. The van der Waals surface area contributed by atoms with Gasteiger partial charge >= 0.3 is 5.97 Å². The number of anilines is 2. The number of para-hydroxylation sites is 2. The van der Waals surface area contributed by atoms with Crippen molar-refractivity contribution in [1.29, 1.82) is 0 Å². The molecule has 6 rings (SSSR count).